The van der Waals surface area contributed by atoms with Crippen LogP contribution in [-0.2, 0) is 4.79 Å². The van der Waals surface area contributed by atoms with Crippen molar-refractivity contribution in [3.05, 3.63) is 24.3 Å². The minimum Gasteiger partial charge on any atom is -0.497 e. The summed E-state index contributed by atoms with van der Waals surface area (Å²) in [7, 11) is 1.59. The minimum atomic E-state index is -0.683. The van der Waals surface area contributed by atoms with Gasteiger partial charge in [0.1, 0.15) is 18.1 Å². The molecule has 0 saturated heterocycles. The summed E-state index contributed by atoms with van der Waals surface area (Å²) in [6, 6.07) is 7.21. The minimum absolute atomic E-state index is 0.239. The van der Waals surface area contributed by atoms with E-state index >= 15 is 0 Å². The molecule has 0 bridgehead atoms. The van der Waals surface area contributed by atoms with E-state index in [1.54, 1.807) is 33.1 Å². The van der Waals surface area contributed by atoms with Gasteiger partial charge in [0.15, 0.2) is 0 Å². The fraction of sp³-hybridized carbons (Fsp3) is 0.417. The summed E-state index contributed by atoms with van der Waals surface area (Å²) in [6.45, 7) is 3.76. The van der Waals surface area contributed by atoms with Crippen molar-refractivity contribution >= 4 is 5.91 Å². The second-order valence-electron chi connectivity index (χ2n) is 4.33. The molecular weight excluding hydrogens is 220 g/mol. The average molecular weight is 238 g/mol. The molecular formula is C12H18N2O3. The molecule has 17 heavy (non-hydrogen) atoms. The van der Waals surface area contributed by atoms with Crippen LogP contribution in [0.5, 0.6) is 11.5 Å². The molecule has 1 aromatic rings. The van der Waals surface area contributed by atoms with E-state index in [4.69, 9.17) is 15.3 Å². The van der Waals surface area contributed by atoms with Crippen molar-refractivity contribution in [2.75, 3.05) is 13.7 Å². The van der Waals surface area contributed by atoms with Gasteiger partial charge in [0.25, 0.3) is 0 Å². The summed E-state index contributed by atoms with van der Waals surface area (Å²) in [5.74, 6) is 6.20. The molecule has 0 heterocycles. The SMILES string of the molecule is COc1cccc(OCC(C)(C)C(=O)NN)c1. The van der Waals surface area contributed by atoms with Crippen molar-refractivity contribution < 1.29 is 14.3 Å². The molecule has 5 heteroatoms. The number of hydrogen-bond acceptors (Lipinski definition) is 4. The molecule has 0 unspecified atom stereocenters. The van der Waals surface area contributed by atoms with Crippen molar-refractivity contribution in [3.8, 4) is 11.5 Å². The van der Waals surface area contributed by atoms with E-state index in [-0.39, 0.29) is 12.5 Å². The fourth-order valence-electron chi connectivity index (χ4n) is 1.22. The Morgan fingerprint density at radius 3 is 2.65 bits per heavy atom. The number of hydrazine groups is 1. The monoisotopic (exact) mass is 238 g/mol. The molecule has 94 valence electrons. The molecule has 1 amide bonds. The van der Waals surface area contributed by atoms with E-state index < -0.39 is 5.41 Å². The molecule has 0 spiro atoms. The Hall–Kier alpha value is -1.75. The maximum absolute atomic E-state index is 11.4. The number of amides is 1. The zero-order valence-electron chi connectivity index (χ0n) is 10.3. The van der Waals surface area contributed by atoms with Crippen LogP contribution in [0.25, 0.3) is 0 Å². The summed E-state index contributed by atoms with van der Waals surface area (Å²) in [5, 5.41) is 0. The van der Waals surface area contributed by atoms with E-state index in [1.165, 1.54) is 0 Å². The number of ether oxygens (including phenoxy) is 2. The third kappa shape index (κ3) is 3.64. The Bertz CT molecular complexity index is 391. The third-order valence-electron chi connectivity index (χ3n) is 2.39. The second-order valence-corrected chi connectivity index (χ2v) is 4.33. The van der Waals surface area contributed by atoms with E-state index in [0.717, 1.165) is 0 Å². The summed E-state index contributed by atoms with van der Waals surface area (Å²) in [5.41, 5.74) is 1.44. The van der Waals surface area contributed by atoms with Gasteiger partial charge in [-0.05, 0) is 26.0 Å². The molecule has 0 radical (unpaired) electrons. The number of nitrogens with two attached hydrogens (primary N) is 1. The molecule has 0 fully saturated rings. The number of carbonyl (C=O) groups excluding carboxylic acids is 1. The zero-order valence-corrected chi connectivity index (χ0v) is 10.3. The van der Waals surface area contributed by atoms with Gasteiger partial charge in [0.2, 0.25) is 5.91 Å². The van der Waals surface area contributed by atoms with Gasteiger partial charge in [-0.25, -0.2) is 5.84 Å². The highest BCUT2D eigenvalue weighted by atomic mass is 16.5. The molecule has 0 aromatic heterocycles. The lowest BCUT2D eigenvalue weighted by molar-refractivity contribution is -0.130. The quantitative estimate of drug-likeness (QED) is 0.457. The highest BCUT2D eigenvalue weighted by Gasteiger charge is 2.27. The van der Waals surface area contributed by atoms with Crippen molar-refractivity contribution in [1.82, 2.24) is 5.43 Å². The number of methoxy groups -OCH3 is 1. The van der Waals surface area contributed by atoms with Crippen LogP contribution in [0.3, 0.4) is 0 Å². The van der Waals surface area contributed by atoms with Crippen molar-refractivity contribution in [2.24, 2.45) is 11.3 Å². The van der Waals surface area contributed by atoms with Crippen LogP contribution >= 0.6 is 0 Å². The lowest BCUT2D eigenvalue weighted by atomic mass is 9.94. The summed E-state index contributed by atoms with van der Waals surface area (Å²) in [4.78, 5) is 11.4. The van der Waals surface area contributed by atoms with Crippen LogP contribution in [0.2, 0.25) is 0 Å². The Morgan fingerprint density at radius 2 is 2.06 bits per heavy atom. The first-order valence-corrected chi connectivity index (χ1v) is 5.27. The van der Waals surface area contributed by atoms with Crippen LogP contribution in [0.1, 0.15) is 13.8 Å². The number of carbonyl (C=O) groups is 1. The average Bonchev–Trinajstić information content (AvgIpc) is 2.35. The topological polar surface area (TPSA) is 73.6 Å². The lowest BCUT2D eigenvalue weighted by Gasteiger charge is -2.22. The third-order valence-corrected chi connectivity index (χ3v) is 2.39. The number of rotatable bonds is 5. The molecule has 5 nitrogen and oxygen atoms in total. The highest BCUT2D eigenvalue weighted by Crippen LogP contribution is 2.22. The molecule has 0 aliphatic carbocycles. The number of nitrogens with one attached hydrogen (secondary N) is 1. The fourth-order valence-corrected chi connectivity index (χ4v) is 1.22. The first kappa shape index (κ1) is 13.3. The first-order chi connectivity index (χ1) is 7.99. The molecule has 0 saturated carbocycles. The Labute approximate surface area is 101 Å². The standard InChI is InChI=1S/C12H18N2O3/c1-12(2,11(15)14-13)8-17-10-6-4-5-9(7-10)16-3/h4-7H,8,13H2,1-3H3,(H,14,15). The van der Waals surface area contributed by atoms with Crippen molar-refractivity contribution in [1.29, 1.82) is 0 Å². The van der Waals surface area contributed by atoms with Gasteiger partial charge in [-0.1, -0.05) is 6.07 Å². The van der Waals surface area contributed by atoms with Crippen LogP contribution in [0, 0.1) is 5.41 Å². The molecule has 0 aliphatic heterocycles. The van der Waals surface area contributed by atoms with Gasteiger partial charge in [-0.3, -0.25) is 10.2 Å². The van der Waals surface area contributed by atoms with E-state index in [1.807, 2.05) is 12.1 Å². The van der Waals surface area contributed by atoms with Gasteiger partial charge < -0.3 is 9.47 Å². The molecule has 3 N–H and O–H groups in total. The highest BCUT2D eigenvalue weighted by molar-refractivity contribution is 5.81. The van der Waals surface area contributed by atoms with Crippen LogP contribution < -0.4 is 20.7 Å². The Balaban J connectivity index is 2.63. The van der Waals surface area contributed by atoms with Crippen LogP contribution in [0.4, 0.5) is 0 Å². The van der Waals surface area contributed by atoms with Crippen LogP contribution in [0.15, 0.2) is 24.3 Å². The Morgan fingerprint density at radius 1 is 1.41 bits per heavy atom. The Kier molecular flexibility index (Phi) is 4.34. The summed E-state index contributed by atoms with van der Waals surface area (Å²) in [6.07, 6.45) is 0. The largest absolute Gasteiger partial charge is 0.497 e. The van der Waals surface area contributed by atoms with Gasteiger partial charge in [-0.2, -0.15) is 0 Å². The van der Waals surface area contributed by atoms with Gasteiger partial charge in [0, 0.05) is 6.07 Å². The van der Waals surface area contributed by atoms with Crippen molar-refractivity contribution in [3.63, 3.8) is 0 Å². The number of benzene rings is 1. The van der Waals surface area contributed by atoms with E-state index in [2.05, 4.69) is 5.43 Å². The van der Waals surface area contributed by atoms with Crippen molar-refractivity contribution in [2.45, 2.75) is 13.8 Å². The second kappa shape index (κ2) is 5.54. The smallest absolute Gasteiger partial charge is 0.242 e. The van der Waals surface area contributed by atoms with Crippen LogP contribution in [-0.4, -0.2) is 19.6 Å². The summed E-state index contributed by atoms with van der Waals surface area (Å²) >= 11 is 0. The molecule has 0 aliphatic rings. The molecule has 1 rings (SSSR count). The lowest BCUT2D eigenvalue weighted by Crippen LogP contribution is -2.44. The number of hydrogen-bond donors (Lipinski definition) is 2. The predicted molar refractivity (Wildman–Crippen MR) is 64.6 cm³/mol. The molecule has 0 atom stereocenters. The van der Waals surface area contributed by atoms with Gasteiger partial charge in [0.05, 0.1) is 12.5 Å². The van der Waals surface area contributed by atoms with E-state index in [9.17, 15) is 4.79 Å². The first-order valence-electron chi connectivity index (χ1n) is 5.27. The zero-order chi connectivity index (χ0) is 12.9. The van der Waals surface area contributed by atoms with Gasteiger partial charge in [-0.15, -0.1) is 0 Å². The normalized spacial score (nSPS) is 10.8. The molecule has 1 aromatic carbocycles. The maximum Gasteiger partial charge on any atom is 0.242 e. The summed E-state index contributed by atoms with van der Waals surface area (Å²) < 4.78 is 10.6. The van der Waals surface area contributed by atoms with Gasteiger partial charge >= 0.3 is 0 Å². The maximum atomic E-state index is 11.4. The predicted octanol–water partition coefficient (Wildman–Crippen LogP) is 1.09. The van der Waals surface area contributed by atoms with E-state index in [0.29, 0.717) is 11.5 Å².